The molecule has 1 aromatic heterocycles. The minimum atomic E-state index is -0.416. The van der Waals surface area contributed by atoms with Crippen molar-refractivity contribution in [2.45, 2.75) is 20.0 Å². The Labute approximate surface area is 112 Å². The summed E-state index contributed by atoms with van der Waals surface area (Å²) in [5.41, 5.74) is 0.987. The van der Waals surface area contributed by atoms with Crippen LogP contribution in [0.2, 0.25) is 0 Å². The Hall–Kier alpha value is -2.24. The molecule has 0 saturated heterocycles. The Balaban J connectivity index is 3.08. The molecule has 0 radical (unpaired) electrons. The minimum Gasteiger partial charge on any atom is -0.459 e. The van der Waals surface area contributed by atoms with E-state index < -0.39 is 5.97 Å². The van der Waals surface area contributed by atoms with Crippen LogP contribution in [0.1, 0.15) is 19.4 Å². The Morgan fingerprint density at radius 3 is 2.58 bits per heavy atom. The quantitative estimate of drug-likeness (QED) is 0.347. The topological polar surface area (TPSA) is 67.7 Å². The summed E-state index contributed by atoms with van der Waals surface area (Å²) < 4.78 is 5.21. The van der Waals surface area contributed by atoms with Gasteiger partial charge in [0.15, 0.2) is 0 Å². The van der Waals surface area contributed by atoms with Crippen LogP contribution in [0.5, 0.6) is 0 Å². The zero-order valence-electron chi connectivity index (χ0n) is 11.6. The molecule has 0 bridgehead atoms. The summed E-state index contributed by atoms with van der Waals surface area (Å²) in [7, 11) is 3.43. The van der Waals surface area contributed by atoms with Crippen molar-refractivity contribution in [2.24, 2.45) is 4.99 Å². The van der Waals surface area contributed by atoms with E-state index in [1.807, 2.05) is 0 Å². The van der Waals surface area contributed by atoms with E-state index in [2.05, 4.69) is 15.0 Å². The van der Waals surface area contributed by atoms with E-state index in [9.17, 15) is 4.79 Å². The van der Waals surface area contributed by atoms with Gasteiger partial charge in [0.2, 0.25) is 0 Å². The lowest BCUT2D eigenvalue weighted by molar-refractivity contribution is -0.140. The van der Waals surface area contributed by atoms with Gasteiger partial charge in [-0.2, -0.15) is 0 Å². The number of aliphatic imine (C=N–C) groups is 1. The molecule has 1 heterocycles. The average Bonchev–Trinajstić information content (AvgIpc) is 2.36. The predicted molar refractivity (Wildman–Crippen MR) is 73.4 cm³/mol. The van der Waals surface area contributed by atoms with Gasteiger partial charge in [0.25, 0.3) is 0 Å². The highest BCUT2D eigenvalue weighted by molar-refractivity contribution is 6.16. The van der Waals surface area contributed by atoms with Gasteiger partial charge < -0.3 is 9.64 Å². The highest BCUT2D eigenvalue weighted by atomic mass is 16.5. The number of hydrogen-bond donors (Lipinski definition) is 0. The summed E-state index contributed by atoms with van der Waals surface area (Å²) in [6.45, 7) is 3.60. The number of carbonyl (C=O) groups is 1. The van der Waals surface area contributed by atoms with E-state index in [-0.39, 0.29) is 6.10 Å². The second-order valence-electron chi connectivity index (χ2n) is 4.16. The van der Waals surface area contributed by atoms with Gasteiger partial charge in [-0.05, 0) is 13.8 Å². The van der Waals surface area contributed by atoms with Crippen LogP contribution in [0.4, 0.5) is 0 Å². The third-order valence-electron chi connectivity index (χ3n) is 2.06. The van der Waals surface area contributed by atoms with Crippen LogP contribution < -0.4 is 0 Å². The molecule has 0 fully saturated rings. The van der Waals surface area contributed by atoms with Crippen LogP contribution in [0.15, 0.2) is 29.9 Å². The number of esters is 1. The van der Waals surface area contributed by atoms with Crippen LogP contribution in [-0.4, -0.2) is 47.4 Å². The number of hydrogen-bond acceptors (Lipinski definition) is 5. The molecule has 0 atom stereocenters. The molecule has 0 saturated carbocycles. The summed E-state index contributed by atoms with van der Waals surface area (Å²) in [5.74, 6) is -0.416. The van der Waals surface area contributed by atoms with Crippen LogP contribution in [0, 0.1) is 0 Å². The summed E-state index contributed by atoms with van der Waals surface area (Å²) >= 11 is 0. The third kappa shape index (κ3) is 4.87. The fourth-order valence-electron chi connectivity index (χ4n) is 1.38. The van der Waals surface area contributed by atoms with E-state index >= 15 is 0 Å². The minimum absolute atomic E-state index is 0.189. The van der Waals surface area contributed by atoms with Crippen molar-refractivity contribution in [3.05, 3.63) is 30.5 Å². The van der Waals surface area contributed by atoms with Crippen LogP contribution in [0.25, 0.3) is 5.57 Å². The first-order valence-electron chi connectivity index (χ1n) is 5.87. The fourth-order valence-corrected chi connectivity index (χ4v) is 1.38. The molecule has 0 amide bonds. The van der Waals surface area contributed by atoms with E-state index in [4.69, 9.17) is 4.74 Å². The molecular formula is C13H18N4O2. The van der Waals surface area contributed by atoms with Gasteiger partial charge in [-0.1, -0.05) is 0 Å². The SMILES string of the molecule is CN=CN(C)/C=C(\C(=O)OC(C)C)c1cncnc1. The van der Waals surface area contributed by atoms with Gasteiger partial charge in [-0.25, -0.2) is 14.8 Å². The molecule has 102 valence electrons. The van der Waals surface area contributed by atoms with Crippen molar-refractivity contribution in [1.82, 2.24) is 14.9 Å². The maximum absolute atomic E-state index is 12.1. The first-order chi connectivity index (χ1) is 9.04. The van der Waals surface area contributed by atoms with E-state index in [0.29, 0.717) is 11.1 Å². The molecular weight excluding hydrogens is 244 g/mol. The summed E-state index contributed by atoms with van der Waals surface area (Å²) in [4.78, 5) is 25.4. The van der Waals surface area contributed by atoms with Crippen molar-refractivity contribution in [2.75, 3.05) is 14.1 Å². The molecule has 6 heteroatoms. The van der Waals surface area contributed by atoms with E-state index in [1.165, 1.54) is 6.33 Å². The van der Waals surface area contributed by atoms with Crippen LogP contribution in [-0.2, 0) is 9.53 Å². The van der Waals surface area contributed by atoms with Crippen molar-refractivity contribution < 1.29 is 9.53 Å². The number of nitrogens with zero attached hydrogens (tertiary/aromatic N) is 4. The van der Waals surface area contributed by atoms with Gasteiger partial charge >= 0.3 is 5.97 Å². The average molecular weight is 262 g/mol. The van der Waals surface area contributed by atoms with Gasteiger partial charge in [-0.15, -0.1) is 0 Å². The lowest BCUT2D eigenvalue weighted by Crippen LogP contribution is -2.17. The highest BCUT2D eigenvalue weighted by Crippen LogP contribution is 2.15. The molecule has 0 aromatic carbocycles. The van der Waals surface area contributed by atoms with Gasteiger partial charge in [-0.3, -0.25) is 4.99 Å². The molecule has 0 N–H and O–H groups in total. The number of aromatic nitrogens is 2. The fraction of sp³-hybridized carbons (Fsp3) is 0.385. The van der Waals surface area contributed by atoms with Crippen molar-refractivity contribution in [3.63, 3.8) is 0 Å². The third-order valence-corrected chi connectivity index (χ3v) is 2.06. The smallest absolute Gasteiger partial charge is 0.340 e. The van der Waals surface area contributed by atoms with Gasteiger partial charge in [0, 0.05) is 38.3 Å². The van der Waals surface area contributed by atoms with E-state index in [0.717, 1.165) is 0 Å². The highest BCUT2D eigenvalue weighted by Gasteiger charge is 2.16. The Morgan fingerprint density at radius 2 is 2.05 bits per heavy atom. The Kier molecular flexibility index (Phi) is 5.66. The maximum Gasteiger partial charge on any atom is 0.340 e. The lowest BCUT2D eigenvalue weighted by Gasteiger charge is -2.13. The predicted octanol–water partition coefficient (Wildman–Crippen LogP) is 1.36. The van der Waals surface area contributed by atoms with Crippen molar-refractivity contribution >= 4 is 17.9 Å². The monoisotopic (exact) mass is 262 g/mol. The second-order valence-corrected chi connectivity index (χ2v) is 4.16. The Morgan fingerprint density at radius 1 is 1.42 bits per heavy atom. The number of ether oxygens (including phenoxy) is 1. The first-order valence-corrected chi connectivity index (χ1v) is 5.87. The molecule has 0 spiro atoms. The summed E-state index contributed by atoms with van der Waals surface area (Å²) in [5, 5.41) is 0. The first kappa shape index (κ1) is 14.8. The standard InChI is InChI=1S/C13H18N4O2/c1-10(2)19-13(18)12(7-17(4)9-14-3)11-5-15-8-16-6-11/h5-10H,1-4H3/b12-7-,14-9?. The van der Waals surface area contributed by atoms with Crippen molar-refractivity contribution in [1.29, 1.82) is 0 Å². The molecule has 0 aliphatic heterocycles. The van der Waals surface area contributed by atoms with Crippen molar-refractivity contribution in [3.8, 4) is 0 Å². The maximum atomic E-state index is 12.1. The van der Waals surface area contributed by atoms with Crippen LogP contribution in [0.3, 0.4) is 0 Å². The molecule has 0 aliphatic rings. The molecule has 1 aromatic rings. The summed E-state index contributed by atoms with van der Waals surface area (Å²) in [6, 6.07) is 0. The van der Waals surface area contributed by atoms with E-state index in [1.54, 1.807) is 57.8 Å². The Bertz CT molecular complexity index is 469. The van der Waals surface area contributed by atoms with Gasteiger partial charge in [0.05, 0.1) is 18.0 Å². The lowest BCUT2D eigenvalue weighted by atomic mass is 10.1. The zero-order chi connectivity index (χ0) is 14.3. The largest absolute Gasteiger partial charge is 0.459 e. The number of carbonyl (C=O) groups excluding carboxylic acids is 1. The van der Waals surface area contributed by atoms with Crippen LogP contribution >= 0.6 is 0 Å². The zero-order valence-corrected chi connectivity index (χ0v) is 11.6. The number of rotatable bonds is 5. The molecule has 0 unspecified atom stereocenters. The molecule has 19 heavy (non-hydrogen) atoms. The molecule has 1 rings (SSSR count). The molecule has 0 aliphatic carbocycles. The second kappa shape index (κ2) is 7.25. The summed E-state index contributed by atoms with van der Waals surface area (Å²) in [6.07, 6.45) is 7.58. The molecule has 6 nitrogen and oxygen atoms in total. The van der Waals surface area contributed by atoms with Gasteiger partial charge in [0.1, 0.15) is 6.33 Å². The normalized spacial score (nSPS) is 11.9.